The number of benzene rings is 1. The van der Waals surface area contributed by atoms with Crippen molar-refractivity contribution >= 4 is 44.5 Å². The van der Waals surface area contributed by atoms with Crippen LogP contribution in [0.1, 0.15) is 24.3 Å². The first kappa shape index (κ1) is 18.9. The molecule has 0 aliphatic carbocycles. The molecule has 0 bridgehead atoms. The van der Waals surface area contributed by atoms with Gasteiger partial charge in [0, 0.05) is 31.6 Å². The Morgan fingerprint density at radius 2 is 1.88 bits per heavy atom. The molecule has 0 saturated carbocycles. The van der Waals surface area contributed by atoms with Gasteiger partial charge in [-0.05, 0) is 35.1 Å². The molecule has 0 radical (unpaired) electrons. The van der Waals surface area contributed by atoms with Crippen molar-refractivity contribution < 1.29 is 4.79 Å². The number of halogens is 1. The van der Waals surface area contributed by atoms with Crippen molar-refractivity contribution in [1.82, 2.24) is 9.88 Å². The van der Waals surface area contributed by atoms with Gasteiger partial charge in [-0.2, -0.15) is 0 Å². The van der Waals surface area contributed by atoms with Gasteiger partial charge in [0.05, 0.1) is 11.4 Å². The number of piperazine rings is 1. The van der Waals surface area contributed by atoms with Crippen molar-refractivity contribution in [1.29, 1.82) is 0 Å². The molecular weight excluding hydrogens is 388 g/mol. The van der Waals surface area contributed by atoms with Crippen LogP contribution in [-0.4, -0.2) is 49.0 Å². The van der Waals surface area contributed by atoms with Gasteiger partial charge in [-0.1, -0.05) is 26.0 Å². The first-order chi connectivity index (χ1) is 11.6. The number of hydrogen-bond donors (Lipinski definition) is 1. The summed E-state index contributed by atoms with van der Waals surface area (Å²) in [6.45, 7) is 7.99. The second-order valence-electron chi connectivity index (χ2n) is 5.25. The SMILES string of the molecule is CC.CN1CCN(c2ccccc2NC(=O)c2csc(Br)n2)CC1. The summed E-state index contributed by atoms with van der Waals surface area (Å²) >= 11 is 4.69. The third-order valence-electron chi connectivity index (χ3n) is 3.71. The molecule has 1 amide bonds. The van der Waals surface area contributed by atoms with Crippen LogP contribution in [0.3, 0.4) is 0 Å². The summed E-state index contributed by atoms with van der Waals surface area (Å²) in [7, 11) is 2.13. The zero-order valence-electron chi connectivity index (χ0n) is 14.3. The number of carbonyl (C=O) groups is 1. The number of carbonyl (C=O) groups excluding carboxylic acids is 1. The number of rotatable bonds is 3. The van der Waals surface area contributed by atoms with E-state index in [0.29, 0.717) is 9.61 Å². The first-order valence-electron chi connectivity index (χ1n) is 8.08. The Balaban J connectivity index is 0.00000100. The Hall–Kier alpha value is -1.44. The van der Waals surface area contributed by atoms with E-state index in [-0.39, 0.29) is 5.91 Å². The molecule has 1 aromatic heterocycles. The van der Waals surface area contributed by atoms with E-state index in [9.17, 15) is 4.79 Å². The van der Waals surface area contributed by atoms with E-state index in [1.165, 1.54) is 11.3 Å². The number of likely N-dealkylation sites (N-methyl/N-ethyl adjacent to an activating group) is 1. The number of thiazole rings is 1. The summed E-state index contributed by atoms with van der Waals surface area (Å²) in [5, 5.41) is 4.73. The second-order valence-corrected chi connectivity index (χ2v) is 7.38. The average molecular weight is 411 g/mol. The van der Waals surface area contributed by atoms with Crippen LogP contribution >= 0.6 is 27.3 Å². The highest BCUT2D eigenvalue weighted by molar-refractivity contribution is 9.11. The minimum absolute atomic E-state index is 0.177. The number of aromatic nitrogens is 1. The Labute approximate surface area is 155 Å². The Morgan fingerprint density at radius 3 is 2.50 bits per heavy atom. The molecule has 1 N–H and O–H groups in total. The van der Waals surface area contributed by atoms with E-state index < -0.39 is 0 Å². The highest BCUT2D eigenvalue weighted by Crippen LogP contribution is 2.27. The van der Waals surface area contributed by atoms with E-state index in [4.69, 9.17) is 0 Å². The molecule has 5 nitrogen and oxygen atoms in total. The molecule has 1 aromatic carbocycles. The zero-order valence-corrected chi connectivity index (χ0v) is 16.7. The maximum atomic E-state index is 12.3. The number of amides is 1. The first-order valence-corrected chi connectivity index (χ1v) is 9.75. The fraction of sp³-hybridized carbons (Fsp3) is 0.412. The summed E-state index contributed by atoms with van der Waals surface area (Å²) < 4.78 is 0.713. The van der Waals surface area contributed by atoms with Gasteiger partial charge in [0.2, 0.25) is 0 Å². The number of nitrogens with one attached hydrogen (secondary N) is 1. The van der Waals surface area contributed by atoms with Crippen LogP contribution in [0.4, 0.5) is 11.4 Å². The van der Waals surface area contributed by atoms with E-state index >= 15 is 0 Å². The molecule has 7 heteroatoms. The molecule has 24 heavy (non-hydrogen) atoms. The second kappa shape index (κ2) is 9.15. The lowest BCUT2D eigenvalue weighted by atomic mass is 10.2. The predicted octanol–water partition coefficient (Wildman–Crippen LogP) is 3.94. The van der Waals surface area contributed by atoms with E-state index in [2.05, 4.69) is 49.1 Å². The van der Waals surface area contributed by atoms with Crippen molar-refractivity contribution in [3.63, 3.8) is 0 Å². The smallest absolute Gasteiger partial charge is 0.275 e. The zero-order chi connectivity index (χ0) is 17.5. The van der Waals surface area contributed by atoms with Crippen LogP contribution in [0.25, 0.3) is 0 Å². The fourth-order valence-corrected chi connectivity index (χ4v) is 3.44. The topological polar surface area (TPSA) is 48.5 Å². The standard InChI is InChI=1S/C15H17BrN4OS.C2H6/c1-19-6-8-20(9-7-19)13-5-3-2-4-11(13)17-14(21)12-10-22-15(16)18-12;1-2/h2-5,10H,6-9H2,1H3,(H,17,21);1-2H3. The van der Waals surface area contributed by atoms with E-state index in [1.807, 2.05) is 32.0 Å². The molecule has 3 rings (SSSR count). The van der Waals surface area contributed by atoms with Gasteiger partial charge in [-0.3, -0.25) is 4.79 Å². The molecule has 1 saturated heterocycles. The minimum Gasteiger partial charge on any atom is -0.367 e. The van der Waals surface area contributed by atoms with Crippen LogP contribution < -0.4 is 10.2 Å². The minimum atomic E-state index is -0.177. The van der Waals surface area contributed by atoms with Crippen molar-refractivity contribution in [2.24, 2.45) is 0 Å². The monoisotopic (exact) mass is 410 g/mol. The molecule has 1 fully saturated rings. The van der Waals surface area contributed by atoms with Crippen LogP contribution in [0.5, 0.6) is 0 Å². The molecule has 2 heterocycles. The third kappa shape index (κ3) is 4.78. The van der Waals surface area contributed by atoms with Gasteiger partial charge in [0.25, 0.3) is 5.91 Å². The van der Waals surface area contributed by atoms with Gasteiger partial charge < -0.3 is 15.1 Å². The highest BCUT2D eigenvalue weighted by Gasteiger charge is 2.18. The lowest BCUT2D eigenvalue weighted by Crippen LogP contribution is -2.44. The molecule has 1 aliphatic heterocycles. The number of hydrogen-bond acceptors (Lipinski definition) is 5. The number of nitrogens with zero attached hydrogens (tertiary/aromatic N) is 3. The van der Waals surface area contributed by atoms with Gasteiger partial charge in [-0.15, -0.1) is 11.3 Å². The Kier molecular flexibility index (Phi) is 7.20. The maximum Gasteiger partial charge on any atom is 0.275 e. The summed E-state index contributed by atoms with van der Waals surface area (Å²) in [5.74, 6) is -0.177. The van der Waals surface area contributed by atoms with Gasteiger partial charge in [-0.25, -0.2) is 4.98 Å². The van der Waals surface area contributed by atoms with Crippen LogP contribution in [0.15, 0.2) is 33.6 Å². The molecule has 1 aliphatic rings. The maximum absolute atomic E-state index is 12.3. The number of para-hydroxylation sites is 2. The lowest BCUT2D eigenvalue weighted by Gasteiger charge is -2.35. The predicted molar refractivity (Wildman–Crippen MR) is 105 cm³/mol. The Morgan fingerprint density at radius 1 is 1.21 bits per heavy atom. The molecule has 0 atom stereocenters. The summed E-state index contributed by atoms with van der Waals surface area (Å²) in [5.41, 5.74) is 2.34. The normalized spacial score (nSPS) is 14.8. The number of anilines is 2. The van der Waals surface area contributed by atoms with Gasteiger partial charge in [0.15, 0.2) is 3.92 Å². The summed E-state index contributed by atoms with van der Waals surface area (Å²) in [4.78, 5) is 21.1. The quantitative estimate of drug-likeness (QED) is 0.832. The van der Waals surface area contributed by atoms with Gasteiger partial charge in [0.1, 0.15) is 5.69 Å². The molecule has 0 spiro atoms. The highest BCUT2D eigenvalue weighted by atomic mass is 79.9. The van der Waals surface area contributed by atoms with Gasteiger partial charge >= 0.3 is 0 Å². The largest absolute Gasteiger partial charge is 0.367 e. The third-order valence-corrected chi connectivity index (χ3v) is 5.07. The van der Waals surface area contributed by atoms with Crippen LogP contribution in [0.2, 0.25) is 0 Å². The molecule has 0 unspecified atom stereocenters. The summed E-state index contributed by atoms with van der Waals surface area (Å²) in [6.07, 6.45) is 0. The van der Waals surface area contributed by atoms with E-state index in [1.54, 1.807) is 5.38 Å². The summed E-state index contributed by atoms with van der Waals surface area (Å²) in [6, 6.07) is 7.93. The van der Waals surface area contributed by atoms with Crippen LogP contribution in [0, 0.1) is 0 Å². The van der Waals surface area contributed by atoms with Crippen molar-refractivity contribution in [3.8, 4) is 0 Å². The molecule has 2 aromatic rings. The van der Waals surface area contributed by atoms with E-state index in [0.717, 1.165) is 37.6 Å². The van der Waals surface area contributed by atoms with Crippen molar-refractivity contribution in [2.75, 3.05) is 43.4 Å². The molecule has 130 valence electrons. The van der Waals surface area contributed by atoms with Crippen molar-refractivity contribution in [2.45, 2.75) is 13.8 Å². The molecular formula is C17H23BrN4OS. The fourth-order valence-electron chi connectivity index (χ4n) is 2.44. The van der Waals surface area contributed by atoms with Crippen LogP contribution in [-0.2, 0) is 0 Å². The lowest BCUT2D eigenvalue weighted by molar-refractivity contribution is 0.102. The average Bonchev–Trinajstić information content (AvgIpc) is 3.05. The van der Waals surface area contributed by atoms with Crippen molar-refractivity contribution in [3.05, 3.63) is 39.3 Å². The Bertz CT molecular complexity index is 668.